The molecule has 31 heavy (non-hydrogen) atoms. The number of carbonyl (C=O) groups excluding carboxylic acids is 3. The number of carboxylic acids is 1. The molecule has 0 saturated heterocycles. The molecule has 1 aromatic rings. The maximum atomic E-state index is 13.7. The summed E-state index contributed by atoms with van der Waals surface area (Å²) in [5.74, 6) is -1.78. The number of amides is 2. The maximum absolute atomic E-state index is 13.7. The van der Waals surface area contributed by atoms with Crippen molar-refractivity contribution in [3.63, 3.8) is 0 Å². The molecule has 0 unspecified atom stereocenters. The average Bonchev–Trinajstić information content (AvgIpc) is 2.80. The molecule has 1 heterocycles. The number of nitrogens with one attached hydrogen (secondary N) is 1. The van der Waals surface area contributed by atoms with Crippen LogP contribution >= 0.6 is 0 Å². The Morgan fingerprint density at radius 2 is 2.00 bits per heavy atom. The predicted octanol–water partition coefficient (Wildman–Crippen LogP) is 1.85. The summed E-state index contributed by atoms with van der Waals surface area (Å²) in [4.78, 5) is 47.3. The highest BCUT2D eigenvalue weighted by Crippen LogP contribution is 2.33. The molecule has 10 nitrogen and oxygen atoms in total. The number of carbonyl (C=O) groups is 4. The number of ether oxygens (including phenoxy) is 3. The van der Waals surface area contributed by atoms with E-state index in [-0.39, 0.29) is 75.6 Å². The first kappa shape index (κ1) is 23.9. The number of fused-ring (bicyclic) bond motifs is 1. The van der Waals surface area contributed by atoms with E-state index in [1.165, 1.54) is 23.1 Å². The van der Waals surface area contributed by atoms with E-state index in [0.717, 1.165) is 0 Å². The van der Waals surface area contributed by atoms with Crippen LogP contribution in [0.4, 0.5) is 14.9 Å². The van der Waals surface area contributed by atoms with Gasteiger partial charge in [0.05, 0.1) is 25.2 Å². The fourth-order valence-electron chi connectivity index (χ4n) is 2.87. The van der Waals surface area contributed by atoms with Gasteiger partial charge in [-0.15, -0.1) is 0 Å². The summed E-state index contributed by atoms with van der Waals surface area (Å²) in [6.07, 6.45) is -1.09. The largest absolute Gasteiger partial charge is 0.508 e. The molecular formula is C20H25FN2O8. The SMILES string of the molecule is C[C@@H]1CC(=O)N(CCOC(=O)OCCNC(=O)CCCC(=O)O)c2cc(F)ccc2O1. The second-order valence-corrected chi connectivity index (χ2v) is 6.83. The first-order chi connectivity index (χ1) is 14.8. The lowest BCUT2D eigenvalue weighted by atomic mass is 10.2. The van der Waals surface area contributed by atoms with Gasteiger partial charge in [-0.1, -0.05) is 0 Å². The van der Waals surface area contributed by atoms with Crippen molar-refractivity contribution in [2.45, 2.75) is 38.7 Å². The normalized spacial score (nSPS) is 15.4. The minimum Gasteiger partial charge on any atom is -0.488 e. The number of rotatable bonds is 10. The molecule has 0 bridgehead atoms. The second kappa shape index (κ2) is 11.7. The fourth-order valence-corrected chi connectivity index (χ4v) is 2.87. The van der Waals surface area contributed by atoms with Crippen LogP contribution in [0.2, 0.25) is 0 Å². The van der Waals surface area contributed by atoms with Gasteiger partial charge in [-0.2, -0.15) is 0 Å². The number of benzene rings is 1. The topological polar surface area (TPSA) is 131 Å². The van der Waals surface area contributed by atoms with Crippen LogP contribution in [0.3, 0.4) is 0 Å². The van der Waals surface area contributed by atoms with Crippen LogP contribution < -0.4 is 15.0 Å². The molecule has 0 fully saturated rings. The Bertz CT molecular complexity index is 816. The molecule has 0 aromatic heterocycles. The molecule has 11 heteroatoms. The molecule has 2 N–H and O–H groups in total. The van der Waals surface area contributed by atoms with Gasteiger partial charge in [-0.05, 0) is 25.5 Å². The zero-order valence-corrected chi connectivity index (χ0v) is 17.1. The number of halogens is 1. The second-order valence-electron chi connectivity index (χ2n) is 6.83. The fraction of sp³-hybridized carbons (Fsp3) is 0.500. The van der Waals surface area contributed by atoms with Gasteiger partial charge in [0, 0.05) is 18.9 Å². The number of anilines is 1. The van der Waals surface area contributed by atoms with Crippen molar-refractivity contribution in [2.75, 3.05) is 31.2 Å². The Labute approximate surface area is 178 Å². The Balaban J connectivity index is 1.72. The van der Waals surface area contributed by atoms with Gasteiger partial charge < -0.3 is 29.5 Å². The van der Waals surface area contributed by atoms with Crippen LogP contribution in [0, 0.1) is 5.82 Å². The van der Waals surface area contributed by atoms with Gasteiger partial charge in [0.25, 0.3) is 0 Å². The van der Waals surface area contributed by atoms with Crippen LogP contribution in [0.5, 0.6) is 5.75 Å². The molecule has 0 aliphatic carbocycles. The lowest BCUT2D eigenvalue weighted by Gasteiger charge is -2.21. The third-order valence-corrected chi connectivity index (χ3v) is 4.28. The number of hydrogen-bond donors (Lipinski definition) is 2. The summed E-state index contributed by atoms with van der Waals surface area (Å²) in [5, 5.41) is 11.0. The lowest BCUT2D eigenvalue weighted by Crippen LogP contribution is -2.35. The van der Waals surface area contributed by atoms with Crippen molar-refractivity contribution >= 4 is 29.6 Å². The highest BCUT2D eigenvalue weighted by Gasteiger charge is 2.27. The number of carboxylic acid groups (broad SMARTS) is 1. The summed E-state index contributed by atoms with van der Waals surface area (Å²) in [7, 11) is 0. The molecule has 1 atom stereocenters. The van der Waals surface area contributed by atoms with E-state index < -0.39 is 17.9 Å². The molecule has 0 spiro atoms. The van der Waals surface area contributed by atoms with E-state index in [0.29, 0.717) is 5.75 Å². The molecule has 170 valence electrons. The van der Waals surface area contributed by atoms with Crippen molar-refractivity contribution in [1.82, 2.24) is 5.32 Å². The van der Waals surface area contributed by atoms with Crippen LogP contribution in [-0.2, 0) is 23.9 Å². The third kappa shape index (κ3) is 8.11. The predicted molar refractivity (Wildman–Crippen MR) is 105 cm³/mol. The van der Waals surface area contributed by atoms with E-state index in [4.69, 9.17) is 19.3 Å². The van der Waals surface area contributed by atoms with E-state index >= 15 is 0 Å². The Hall–Kier alpha value is -3.37. The lowest BCUT2D eigenvalue weighted by molar-refractivity contribution is -0.137. The minimum absolute atomic E-state index is 0.0131. The van der Waals surface area contributed by atoms with Gasteiger partial charge in [-0.3, -0.25) is 14.4 Å². The molecule has 2 rings (SSSR count). The first-order valence-electron chi connectivity index (χ1n) is 9.81. The van der Waals surface area contributed by atoms with Crippen LogP contribution in [0.25, 0.3) is 0 Å². The van der Waals surface area contributed by atoms with Gasteiger partial charge in [-0.25, -0.2) is 9.18 Å². The number of hydrogen-bond acceptors (Lipinski definition) is 7. The van der Waals surface area contributed by atoms with Gasteiger partial charge >= 0.3 is 12.1 Å². The maximum Gasteiger partial charge on any atom is 0.508 e. The van der Waals surface area contributed by atoms with Crippen molar-refractivity contribution in [2.24, 2.45) is 0 Å². The first-order valence-corrected chi connectivity index (χ1v) is 9.81. The quantitative estimate of drug-likeness (QED) is 0.416. The van der Waals surface area contributed by atoms with Gasteiger partial charge in [0.1, 0.15) is 30.9 Å². The minimum atomic E-state index is -0.980. The highest BCUT2D eigenvalue weighted by molar-refractivity contribution is 5.95. The van der Waals surface area contributed by atoms with Crippen LogP contribution in [0.15, 0.2) is 18.2 Å². The van der Waals surface area contributed by atoms with E-state index in [9.17, 15) is 23.6 Å². The van der Waals surface area contributed by atoms with E-state index in [2.05, 4.69) is 5.32 Å². The van der Waals surface area contributed by atoms with Crippen LogP contribution in [0.1, 0.15) is 32.6 Å². The van der Waals surface area contributed by atoms with Gasteiger partial charge in [0.15, 0.2) is 0 Å². The molecule has 1 aliphatic rings. The smallest absolute Gasteiger partial charge is 0.488 e. The summed E-state index contributed by atoms with van der Waals surface area (Å²) in [6, 6.07) is 3.86. The summed E-state index contributed by atoms with van der Waals surface area (Å²) < 4.78 is 29.1. The summed E-state index contributed by atoms with van der Waals surface area (Å²) in [5.41, 5.74) is 0.261. The highest BCUT2D eigenvalue weighted by atomic mass is 19.1. The van der Waals surface area contributed by atoms with Crippen molar-refractivity contribution < 1.29 is 42.9 Å². The standard InChI is InChI=1S/C20H25FN2O8/c1-13-11-18(25)23(15-12-14(21)5-6-16(15)31-13)8-10-30-20(28)29-9-7-22-17(24)3-2-4-19(26)27/h5-6,12-13H,2-4,7-11H2,1H3,(H,22,24)(H,26,27)/t13-/m1/s1. The van der Waals surface area contributed by atoms with Crippen molar-refractivity contribution in [3.8, 4) is 5.75 Å². The molecule has 0 saturated carbocycles. The molecule has 1 aromatic carbocycles. The monoisotopic (exact) mass is 440 g/mol. The summed E-state index contributed by atoms with van der Waals surface area (Å²) >= 11 is 0. The zero-order chi connectivity index (χ0) is 22.8. The van der Waals surface area contributed by atoms with Gasteiger partial charge in [0.2, 0.25) is 11.8 Å². The molecule has 2 amide bonds. The van der Waals surface area contributed by atoms with Crippen molar-refractivity contribution in [1.29, 1.82) is 0 Å². The van der Waals surface area contributed by atoms with Crippen LogP contribution in [-0.4, -0.2) is 61.5 Å². The molecule has 0 radical (unpaired) electrons. The number of nitrogens with zero attached hydrogens (tertiary/aromatic N) is 1. The average molecular weight is 440 g/mol. The Morgan fingerprint density at radius 3 is 2.74 bits per heavy atom. The van der Waals surface area contributed by atoms with E-state index in [1.54, 1.807) is 6.92 Å². The molecular weight excluding hydrogens is 415 g/mol. The number of aliphatic carboxylic acids is 1. The Kier molecular flexibility index (Phi) is 9.04. The zero-order valence-electron chi connectivity index (χ0n) is 17.1. The Morgan fingerprint density at radius 1 is 1.26 bits per heavy atom. The van der Waals surface area contributed by atoms with E-state index in [1.807, 2.05) is 0 Å². The third-order valence-electron chi connectivity index (χ3n) is 4.28. The molecule has 1 aliphatic heterocycles. The van der Waals surface area contributed by atoms with Crippen molar-refractivity contribution in [3.05, 3.63) is 24.0 Å². The summed E-state index contributed by atoms with van der Waals surface area (Å²) in [6.45, 7) is 1.45.